The number of aryl methyl sites for hydroxylation is 2. The van der Waals surface area contributed by atoms with E-state index in [1.165, 1.54) is 18.4 Å². The van der Waals surface area contributed by atoms with E-state index < -0.39 is 0 Å². The Bertz CT molecular complexity index is 870. The van der Waals surface area contributed by atoms with E-state index in [4.69, 9.17) is 4.74 Å². The van der Waals surface area contributed by atoms with Gasteiger partial charge >= 0.3 is 0 Å². The molecule has 2 heterocycles. The average Bonchev–Trinajstić information content (AvgIpc) is 3.17. The summed E-state index contributed by atoms with van der Waals surface area (Å²) in [6.07, 6.45) is 2.35. The van der Waals surface area contributed by atoms with Crippen LogP contribution >= 0.6 is 0 Å². The maximum absolute atomic E-state index is 13.0. The Balaban J connectivity index is 1.47. The number of piperidine rings is 1. The number of benzene rings is 2. The number of amides is 1. The molecule has 5 nitrogen and oxygen atoms in total. The van der Waals surface area contributed by atoms with E-state index >= 15 is 0 Å². The number of hydrogen-bond acceptors (Lipinski definition) is 4. The SMILES string of the molecule is COc1ccc(C(=O)N2C[C@H]3CCCN(Cc4cc(C)c(O)c(C)c4)[C@H]3C2)cc1. The van der Waals surface area contributed by atoms with Gasteiger partial charge in [-0.1, -0.05) is 12.1 Å². The van der Waals surface area contributed by atoms with Gasteiger partial charge in [-0.15, -0.1) is 0 Å². The smallest absolute Gasteiger partial charge is 0.253 e. The van der Waals surface area contributed by atoms with Crippen LogP contribution in [0.1, 0.15) is 39.9 Å². The van der Waals surface area contributed by atoms with Crippen LogP contribution in [-0.2, 0) is 6.54 Å². The van der Waals surface area contributed by atoms with Crippen molar-refractivity contribution < 1.29 is 14.6 Å². The van der Waals surface area contributed by atoms with Crippen LogP contribution in [-0.4, -0.2) is 53.6 Å². The molecule has 0 aromatic heterocycles. The van der Waals surface area contributed by atoms with Crippen LogP contribution in [0.3, 0.4) is 0 Å². The minimum Gasteiger partial charge on any atom is -0.507 e. The number of nitrogens with zero attached hydrogens (tertiary/aromatic N) is 2. The van der Waals surface area contributed by atoms with Crippen molar-refractivity contribution in [3.8, 4) is 11.5 Å². The zero-order chi connectivity index (χ0) is 20.5. The van der Waals surface area contributed by atoms with Crippen LogP contribution in [0.5, 0.6) is 11.5 Å². The van der Waals surface area contributed by atoms with Crippen molar-refractivity contribution in [1.82, 2.24) is 9.80 Å². The van der Waals surface area contributed by atoms with Crippen LogP contribution < -0.4 is 4.74 Å². The van der Waals surface area contributed by atoms with Crippen molar-refractivity contribution in [1.29, 1.82) is 0 Å². The molecule has 0 bridgehead atoms. The normalized spacial score (nSPS) is 21.8. The molecule has 2 saturated heterocycles. The molecule has 2 fully saturated rings. The number of methoxy groups -OCH3 is 1. The highest BCUT2D eigenvalue weighted by atomic mass is 16.5. The molecule has 29 heavy (non-hydrogen) atoms. The first-order chi connectivity index (χ1) is 14.0. The van der Waals surface area contributed by atoms with E-state index in [0.29, 0.717) is 17.7 Å². The number of ether oxygens (including phenoxy) is 1. The molecule has 2 aliphatic rings. The third-order valence-electron chi connectivity index (χ3n) is 6.46. The Morgan fingerprint density at radius 1 is 1.14 bits per heavy atom. The van der Waals surface area contributed by atoms with Crippen LogP contribution in [0, 0.1) is 19.8 Å². The lowest BCUT2D eigenvalue weighted by molar-refractivity contribution is 0.0774. The van der Waals surface area contributed by atoms with E-state index in [1.807, 2.05) is 43.0 Å². The summed E-state index contributed by atoms with van der Waals surface area (Å²) >= 11 is 0. The number of phenolic OH excluding ortho intramolecular Hbond substituents is 1. The zero-order valence-electron chi connectivity index (χ0n) is 17.5. The zero-order valence-corrected chi connectivity index (χ0v) is 17.5. The second-order valence-electron chi connectivity index (χ2n) is 8.46. The largest absolute Gasteiger partial charge is 0.507 e. The van der Waals surface area contributed by atoms with Gasteiger partial charge in [0.25, 0.3) is 5.91 Å². The van der Waals surface area contributed by atoms with Crippen molar-refractivity contribution in [2.75, 3.05) is 26.7 Å². The third-order valence-corrected chi connectivity index (χ3v) is 6.46. The second kappa shape index (κ2) is 8.07. The molecule has 0 unspecified atom stereocenters. The molecule has 0 spiro atoms. The molecule has 2 aliphatic heterocycles. The van der Waals surface area contributed by atoms with E-state index in [-0.39, 0.29) is 5.91 Å². The summed E-state index contributed by atoms with van der Waals surface area (Å²) in [5.41, 5.74) is 3.81. The highest BCUT2D eigenvalue weighted by Crippen LogP contribution is 2.33. The molecule has 154 valence electrons. The Morgan fingerprint density at radius 2 is 1.83 bits per heavy atom. The lowest BCUT2D eigenvalue weighted by Gasteiger charge is -2.37. The van der Waals surface area contributed by atoms with Gasteiger partial charge in [-0.25, -0.2) is 0 Å². The van der Waals surface area contributed by atoms with Gasteiger partial charge in [-0.2, -0.15) is 0 Å². The molecule has 2 atom stereocenters. The van der Waals surface area contributed by atoms with Gasteiger partial charge in [0.2, 0.25) is 0 Å². The van der Waals surface area contributed by atoms with Crippen molar-refractivity contribution in [2.45, 2.75) is 39.3 Å². The Morgan fingerprint density at radius 3 is 2.48 bits per heavy atom. The van der Waals surface area contributed by atoms with Crippen molar-refractivity contribution in [3.05, 3.63) is 58.7 Å². The summed E-state index contributed by atoms with van der Waals surface area (Å²) in [6, 6.07) is 12.0. The predicted octanol–water partition coefficient (Wildman–Crippen LogP) is 3.75. The topological polar surface area (TPSA) is 53.0 Å². The molecule has 2 aromatic carbocycles. The van der Waals surface area contributed by atoms with Gasteiger partial charge in [-0.05, 0) is 80.1 Å². The minimum atomic E-state index is 0.110. The Hall–Kier alpha value is -2.53. The fourth-order valence-corrected chi connectivity index (χ4v) is 4.92. The molecule has 0 saturated carbocycles. The quantitative estimate of drug-likeness (QED) is 0.858. The summed E-state index contributed by atoms with van der Waals surface area (Å²) in [4.78, 5) is 17.6. The standard InChI is InChI=1S/C24H30N2O3/c1-16-11-18(12-17(2)23(16)27)13-25-10-4-5-20-14-26(15-22(20)25)24(28)19-6-8-21(29-3)9-7-19/h6-9,11-12,20,22,27H,4-5,10,13-15H2,1-3H3/t20-,22+/m1/s1. The monoisotopic (exact) mass is 394 g/mol. The predicted molar refractivity (Wildman–Crippen MR) is 113 cm³/mol. The Labute approximate surface area is 172 Å². The fraction of sp³-hybridized carbons (Fsp3) is 0.458. The summed E-state index contributed by atoms with van der Waals surface area (Å²) in [6.45, 7) is 7.45. The molecule has 2 aromatic rings. The van der Waals surface area contributed by atoms with Crippen LogP contribution in [0.15, 0.2) is 36.4 Å². The molecule has 4 rings (SSSR count). The third kappa shape index (κ3) is 3.97. The maximum Gasteiger partial charge on any atom is 0.253 e. The number of fused-ring (bicyclic) bond motifs is 1. The molecular formula is C24H30N2O3. The van der Waals surface area contributed by atoms with E-state index in [1.54, 1.807) is 7.11 Å². The number of hydrogen-bond donors (Lipinski definition) is 1. The number of phenols is 1. The first-order valence-corrected chi connectivity index (χ1v) is 10.4. The molecule has 1 N–H and O–H groups in total. The van der Waals surface area contributed by atoms with Gasteiger partial charge in [0.1, 0.15) is 11.5 Å². The average molecular weight is 395 g/mol. The summed E-state index contributed by atoms with van der Waals surface area (Å²) in [5, 5.41) is 10.1. The van der Waals surface area contributed by atoms with Crippen LogP contribution in [0.25, 0.3) is 0 Å². The van der Waals surface area contributed by atoms with Gasteiger partial charge in [0, 0.05) is 31.2 Å². The Kier molecular flexibility index (Phi) is 5.50. The number of aromatic hydroxyl groups is 1. The number of carbonyl (C=O) groups is 1. The van der Waals surface area contributed by atoms with E-state index in [0.717, 1.165) is 48.6 Å². The maximum atomic E-state index is 13.0. The molecule has 0 aliphatic carbocycles. The van der Waals surface area contributed by atoms with Gasteiger partial charge in [0.05, 0.1) is 7.11 Å². The van der Waals surface area contributed by atoms with Gasteiger partial charge < -0.3 is 14.7 Å². The lowest BCUT2D eigenvalue weighted by atomic mass is 9.91. The fourth-order valence-electron chi connectivity index (χ4n) is 4.92. The van der Waals surface area contributed by atoms with E-state index in [2.05, 4.69) is 17.0 Å². The lowest BCUT2D eigenvalue weighted by Crippen LogP contribution is -2.44. The number of likely N-dealkylation sites (tertiary alicyclic amines) is 2. The first-order valence-electron chi connectivity index (χ1n) is 10.4. The van der Waals surface area contributed by atoms with Crippen molar-refractivity contribution in [3.63, 3.8) is 0 Å². The number of carbonyl (C=O) groups excluding carboxylic acids is 1. The number of rotatable bonds is 4. The van der Waals surface area contributed by atoms with E-state index in [9.17, 15) is 9.90 Å². The molecule has 5 heteroatoms. The second-order valence-corrected chi connectivity index (χ2v) is 8.46. The molecule has 0 radical (unpaired) electrons. The van der Waals surface area contributed by atoms with Crippen molar-refractivity contribution in [2.24, 2.45) is 5.92 Å². The van der Waals surface area contributed by atoms with Crippen molar-refractivity contribution >= 4 is 5.91 Å². The minimum absolute atomic E-state index is 0.110. The summed E-state index contributed by atoms with van der Waals surface area (Å²) in [5.74, 6) is 1.80. The van der Waals surface area contributed by atoms with Gasteiger partial charge in [0.15, 0.2) is 0 Å². The van der Waals surface area contributed by atoms with Crippen LogP contribution in [0.2, 0.25) is 0 Å². The highest BCUT2D eigenvalue weighted by Gasteiger charge is 2.40. The summed E-state index contributed by atoms with van der Waals surface area (Å²) in [7, 11) is 1.63. The highest BCUT2D eigenvalue weighted by molar-refractivity contribution is 5.94. The summed E-state index contributed by atoms with van der Waals surface area (Å²) < 4.78 is 5.20. The molecular weight excluding hydrogens is 364 g/mol. The van der Waals surface area contributed by atoms with Crippen LogP contribution in [0.4, 0.5) is 0 Å². The molecule has 1 amide bonds. The van der Waals surface area contributed by atoms with Gasteiger partial charge in [-0.3, -0.25) is 9.69 Å². The first kappa shape index (κ1) is 19.8.